The molecule has 108 valence electrons. The molecular formula is C12H12N6O2S. The summed E-state index contributed by atoms with van der Waals surface area (Å²) in [5.74, 6) is 0.261. The lowest BCUT2D eigenvalue weighted by molar-refractivity contribution is 0.606. The molecule has 0 spiro atoms. The first-order valence-corrected chi connectivity index (χ1v) is 7.92. The fraction of sp³-hybridized carbons (Fsp3) is 0.167. The van der Waals surface area contributed by atoms with Crippen LogP contribution in [0.25, 0.3) is 16.9 Å². The normalized spacial score (nSPS) is 11.7. The Bertz CT molecular complexity index is 901. The number of aromatic nitrogens is 5. The number of pyridine rings is 1. The predicted octanol–water partition coefficient (Wildman–Crippen LogP) is 0.890. The molecule has 9 heteroatoms. The first-order valence-electron chi connectivity index (χ1n) is 6.03. The smallest absolute Gasteiger partial charge is 0.230 e. The lowest BCUT2D eigenvalue weighted by atomic mass is 10.3. The van der Waals surface area contributed by atoms with E-state index >= 15 is 0 Å². The number of fused-ring (bicyclic) bond motifs is 1. The summed E-state index contributed by atoms with van der Waals surface area (Å²) >= 11 is 0. The number of anilines is 1. The van der Waals surface area contributed by atoms with Crippen LogP contribution < -0.4 is 4.72 Å². The third-order valence-electron chi connectivity index (χ3n) is 2.83. The van der Waals surface area contributed by atoms with Crippen molar-refractivity contribution in [1.29, 1.82) is 0 Å². The van der Waals surface area contributed by atoms with Crippen molar-refractivity contribution in [1.82, 2.24) is 24.5 Å². The van der Waals surface area contributed by atoms with Crippen molar-refractivity contribution >= 4 is 27.0 Å². The minimum atomic E-state index is -3.34. The van der Waals surface area contributed by atoms with Gasteiger partial charge in [-0.3, -0.25) is 9.29 Å². The molecule has 0 aliphatic carbocycles. The van der Waals surface area contributed by atoms with E-state index < -0.39 is 10.0 Å². The molecule has 0 aliphatic heterocycles. The van der Waals surface area contributed by atoms with Crippen LogP contribution in [0.15, 0.2) is 31.0 Å². The molecule has 0 fully saturated rings. The zero-order chi connectivity index (χ0) is 15.0. The summed E-state index contributed by atoms with van der Waals surface area (Å²) in [4.78, 5) is 16.6. The summed E-state index contributed by atoms with van der Waals surface area (Å²) in [6.07, 6.45) is 5.73. The highest BCUT2D eigenvalue weighted by molar-refractivity contribution is 7.92. The van der Waals surface area contributed by atoms with E-state index in [9.17, 15) is 8.42 Å². The van der Waals surface area contributed by atoms with E-state index in [-0.39, 0.29) is 5.82 Å². The van der Waals surface area contributed by atoms with Crippen LogP contribution in [0.2, 0.25) is 0 Å². The summed E-state index contributed by atoms with van der Waals surface area (Å²) in [6, 6.07) is 3.31. The van der Waals surface area contributed by atoms with Crippen molar-refractivity contribution in [2.75, 3.05) is 11.0 Å². The number of rotatable bonds is 3. The molecule has 1 N–H and O–H groups in total. The lowest BCUT2D eigenvalue weighted by Gasteiger charge is -2.06. The molecule has 21 heavy (non-hydrogen) atoms. The van der Waals surface area contributed by atoms with Gasteiger partial charge < -0.3 is 0 Å². The van der Waals surface area contributed by atoms with Gasteiger partial charge in [-0.25, -0.2) is 28.4 Å². The highest BCUT2D eigenvalue weighted by Gasteiger charge is 2.09. The topological polar surface area (TPSA) is 103 Å². The SMILES string of the molecule is Cc1ncnc2c1ncn2-c1ccc(NS(C)(=O)=O)nc1. The first kappa shape index (κ1) is 13.4. The Morgan fingerprint density at radius 2 is 1.95 bits per heavy atom. The van der Waals surface area contributed by atoms with Gasteiger partial charge in [0.15, 0.2) is 5.65 Å². The van der Waals surface area contributed by atoms with Crippen molar-refractivity contribution in [2.45, 2.75) is 6.92 Å². The number of imidazole rings is 1. The van der Waals surface area contributed by atoms with E-state index in [2.05, 4.69) is 24.7 Å². The fourth-order valence-electron chi connectivity index (χ4n) is 1.92. The van der Waals surface area contributed by atoms with Crippen LogP contribution in [0.5, 0.6) is 0 Å². The summed E-state index contributed by atoms with van der Waals surface area (Å²) < 4.78 is 26.4. The van der Waals surface area contributed by atoms with E-state index in [4.69, 9.17) is 0 Å². The van der Waals surface area contributed by atoms with Crippen molar-refractivity contribution < 1.29 is 8.42 Å². The number of sulfonamides is 1. The maximum atomic E-state index is 11.1. The average molecular weight is 304 g/mol. The summed E-state index contributed by atoms with van der Waals surface area (Å²) in [7, 11) is -3.34. The number of nitrogens with one attached hydrogen (secondary N) is 1. The monoisotopic (exact) mass is 304 g/mol. The molecule has 8 nitrogen and oxygen atoms in total. The molecule has 0 amide bonds. The molecule has 0 saturated heterocycles. The fourth-order valence-corrected chi connectivity index (χ4v) is 2.42. The first-order chi connectivity index (χ1) is 9.94. The van der Waals surface area contributed by atoms with Gasteiger partial charge in [-0.2, -0.15) is 0 Å². The zero-order valence-corrected chi connectivity index (χ0v) is 12.2. The minimum Gasteiger partial charge on any atom is -0.282 e. The Morgan fingerprint density at radius 3 is 2.62 bits per heavy atom. The Labute approximate surface area is 121 Å². The van der Waals surface area contributed by atoms with Crippen LogP contribution in [0.1, 0.15) is 5.69 Å². The van der Waals surface area contributed by atoms with E-state index in [0.717, 1.165) is 23.2 Å². The molecule has 0 aromatic carbocycles. The molecule has 3 aromatic rings. The molecule has 0 radical (unpaired) electrons. The quantitative estimate of drug-likeness (QED) is 0.771. The minimum absolute atomic E-state index is 0.261. The van der Waals surface area contributed by atoms with Gasteiger partial charge in [-0.15, -0.1) is 0 Å². The van der Waals surface area contributed by atoms with E-state index in [1.165, 1.54) is 6.33 Å². The second-order valence-corrected chi connectivity index (χ2v) is 6.27. The Balaban J connectivity index is 2.02. The second kappa shape index (κ2) is 4.77. The van der Waals surface area contributed by atoms with Crippen LogP contribution >= 0.6 is 0 Å². The summed E-state index contributed by atoms with van der Waals surface area (Å²) in [6.45, 7) is 1.86. The third kappa shape index (κ3) is 2.68. The maximum absolute atomic E-state index is 11.1. The molecule has 3 aromatic heterocycles. The number of aryl methyl sites for hydroxylation is 1. The van der Waals surface area contributed by atoms with Gasteiger partial charge in [0.2, 0.25) is 10.0 Å². The van der Waals surface area contributed by atoms with Gasteiger partial charge in [0.25, 0.3) is 0 Å². The van der Waals surface area contributed by atoms with Crippen LogP contribution in [-0.4, -0.2) is 39.2 Å². The molecule has 0 aliphatic rings. The van der Waals surface area contributed by atoms with Crippen LogP contribution in [0.4, 0.5) is 5.82 Å². The average Bonchev–Trinajstić information content (AvgIpc) is 2.83. The van der Waals surface area contributed by atoms with Gasteiger partial charge in [-0.1, -0.05) is 0 Å². The van der Waals surface area contributed by atoms with Gasteiger partial charge in [0, 0.05) is 0 Å². The molecule has 0 atom stereocenters. The standard InChI is InChI=1S/C12H12N6O2S/c1-8-11-12(15-6-14-8)18(7-16-11)9-3-4-10(13-5-9)17-21(2,19)20/h3-7H,1-2H3,(H,13,17). The molecule has 3 heterocycles. The van der Waals surface area contributed by atoms with E-state index in [1.54, 1.807) is 29.2 Å². The summed E-state index contributed by atoms with van der Waals surface area (Å²) in [5, 5.41) is 0. The molecular weight excluding hydrogens is 292 g/mol. The third-order valence-corrected chi connectivity index (χ3v) is 3.41. The lowest BCUT2D eigenvalue weighted by Crippen LogP contribution is -2.10. The molecule has 0 bridgehead atoms. The van der Waals surface area contributed by atoms with Gasteiger partial charge in [0.1, 0.15) is 24.0 Å². The highest BCUT2D eigenvalue weighted by Crippen LogP contribution is 2.17. The van der Waals surface area contributed by atoms with Gasteiger partial charge >= 0.3 is 0 Å². The predicted molar refractivity (Wildman–Crippen MR) is 77.7 cm³/mol. The van der Waals surface area contributed by atoms with Crippen molar-refractivity contribution in [3.05, 3.63) is 36.7 Å². The van der Waals surface area contributed by atoms with Crippen LogP contribution in [-0.2, 0) is 10.0 Å². The maximum Gasteiger partial charge on any atom is 0.230 e. The number of nitrogens with zero attached hydrogens (tertiary/aromatic N) is 5. The van der Waals surface area contributed by atoms with Gasteiger partial charge in [-0.05, 0) is 19.1 Å². The second-order valence-electron chi connectivity index (χ2n) is 4.52. The summed E-state index contributed by atoms with van der Waals surface area (Å²) in [5.41, 5.74) is 2.92. The number of hydrogen-bond acceptors (Lipinski definition) is 6. The number of hydrogen-bond donors (Lipinski definition) is 1. The molecule has 0 saturated carbocycles. The van der Waals surface area contributed by atoms with Gasteiger partial charge in [0.05, 0.1) is 23.8 Å². The van der Waals surface area contributed by atoms with Crippen molar-refractivity contribution in [2.24, 2.45) is 0 Å². The van der Waals surface area contributed by atoms with E-state index in [0.29, 0.717) is 5.65 Å². The largest absolute Gasteiger partial charge is 0.282 e. The highest BCUT2D eigenvalue weighted by atomic mass is 32.2. The van der Waals surface area contributed by atoms with Crippen molar-refractivity contribution in [3.63, 3.8) is 0 Å². The molecule has 3 rings (SSSR count). The van der Waals surface area contributed by atoms with Crippen LogP contribution in [0.3, 0.4) is 0 Å². The Hall–Kier alpha value is -2.55. The Morgan fingerprint density at radius 1 is 1.14 bits per heavy atom. The van der Waals surface area contributed by atoms with Crippen molar-refractivity contribution in [3.8, 4) is 5.69 Å². The molecule has 0 unspecified atom stereocenters. The Kier molecular flexibility index (Phi) is 3.05. The van der Waals surface area contributed by atoms with Crippen LogP contribution in [0, 0.1) is 6.92 Å². The van der Waals surface area contributed by atoms with E-state index in [1.807, 2.05) is 6.92 Å². The zero-order valence-electron chi connectivity index (χ0n) is 11.3.